The summed E-state index contributed by atoms with van der Waals surface area (Å²) in [7, 11) is 0. The number of ketones is 1. The first-order valence-corrected chi connectivity index (χ1v) is 11.2. The minimum Gasteiger partial charge on any atom is -0.456 e. The smallest absolute Gasteiger partial charge is 0.293 e. The average molecular weight is 497 g/mol. The molecule has 2 amide bonds. The van der Waals surface area contributed by atoms with Gasteiger partial charge in [0.1, 0.15) is 11.5 Å². The van der Waals surface area contributed by atoms with Crippen LogP contribution in [0, 0.1) is 24.0 Å². The lowest BCUT2D eigenvalue weighted by molar-refractivity contribution is -0.384. The van der Waals surface area contributed by atoms with E-state index >= 15 is 0 Å². The van der Waals surface area contributed by atoms with Crippen molar-refractivity contribution in [2.24, 2.45) is 0 Å². The molecule has 0 N–H and O–H groups in total. The lowest BCUT2D eigenvalue weighted by atomic mass is 10.0. The molecule has 8 nitrogen and oxygen atoms in total. The van der Waals surface area contributed by atoms with Crippen LogP contribution in [0.1, 0.15) is 27.2 Å². The number of carbonyl (C=O) groups excluding carboxylic acids is 3. The molecule has 0 radical (unpaired) electrons. The fourth-order valence-electron chi connectivity index (χ4n) is 3.36. The van der Waals surface area contributed by atoms with Gasteiger partial charge in [0.05, 0.1) is 21.9 Å². The van der Waals surface area contributed by atoms with Gasteiger partial charge in [-0.25, -0.2) is 0 Å². The van der Waals surface area contributed by atoms with Crippen molar-refractivity contribution in [2.45, 2.75) is 13.8 Å². The van der Waals surface area contributed by atoms with Crippen LogP contribution in [-0.4, -0.2) is 33.3 Å². The second-order valence-corrected chi connectivity index (χ2v) is 9.04. The standard InChI is InChI=1S/C24H17ClN2O6S/c1-13-9-18(19(27(31)32)10-14(13)2)21-8-7-17(33-21)11-22-23(29)26(24(30)34-22)12-20(28)15-3-5-16(25)6-4-15/h3-11H,12H2,1-2H3/b22-11-. The molecular weight excluding hydrogens is 480 g/mol. The van der Waals surface area contributed by atoms with E-state index in [1.54, 1.807) is 37.3 Å². The zero-order chi connectivity index (χ0) is 24.6. The molecule has 34 heavy (non-hydrogen) atoms. The SMILES string of the molecule is Cc1cc(-c2ccc(/C=C3\SC(=O)N(CC(=O)c4ccc(Cl)cc4)C3=O)o2)c([N+](=O)[O-])cc1C. The molecule has 0 spiro atoms. The molecule has 0 bridgehead atoms. The fraction of sp³-hybridized carbons (Fsp3) is 0.125. The lowest BCUT2D eigenvalue weighted by Gasteiger charge is -2.11. The van der Waals surface area contributed by atoms with Gasteiger partial charge in [0.15, 0.2) is 5.78 Å². The topological polar surface area (TPSA) is 111 Å². The highest BCUT2D eigenvalue weighted by Crippen LogP contribution is 2.36. The third kappa shape index (κ3) is 4.66. The monoisotopic (exact) mass is 496 g/mol. The number of carbonyl (C=O) groups is 3. The third-order valence-electron chi connectivity index (χ3n) is 5.32. The van der Waals surface area contributed by atoms with Gasteiger partial charge in [-0.3, -0.25) is 29.4 Å². The summed E-state index contributed by atoms with van der Waals surface area (Å²) in [6.07, 6.45) is 1.38. The molecule has 1 saturated heterocycles. The quantitative estimate of drug-likeness (QED) is 0.177. The van der Waals surface area contributed by atoms with Crippen LogP contribution in [0.3, 0.4) is 0 Å². The molecular formula is C24H17ClN2O6S. The number of nitrogens with zero attached hydrogens (tertiary/aromatic N) is 2. The van der Waals surface area contributed by atoms with Gasteiger partial charge in [0, 0.05) is 22.7 Å². The maximum Gasteiger partial charge on any atom is 0.293 e. The van der Waals surface area contributed by atoms with E-state index in [1.807, 2.05) is 6.92 Å². The highest BCUT2D eigenvalue weighted by Gasteiger charge is 2.36. The van der Waals surface area contributed by atoms with Crippen molar-refractivity contribution in [3.05, 3.63) is 91.0 Å². The predicted octanol–water partition coefficient (Wildman–Crippen LogP) is 6.04. The number of aryl methyl sites for hydroxylation is 2. The highest BCUT2D eigenvalue weighted by atomic mass is 35.5. The Hall–Kier alpha value is -3.69. The number of amides is 2. The number of nitro benzene ring substituents is 1. The Bertz CT molecular complexity index is 1380. The van der Waals surface area contributed by atoms with Crippen LogP contribution in [0.2, 0.25) is 5.02 Å². The van der Waals surface area contributed by atoms with Crippen LogP contribution in [-0.2, 0) is 4.79 Å². The molecule has 1 fully saturated rings. The Morgan fingerprint density at radius 3 is 2.47 bits per heavy atom. The zero-order valence-corrected chi connectivity index (χ0v) is 19.6. The van der Waals surface area contributed by atoms with Gasteiger partial charge in [0.2, 0.25) is 0 Å². The molecule has 0 aliphatic carbocycles. The van der Waals surface area contributed by atoms with E-state index in [-0.39, 0.29) is 22.1 Å². The summed E-state index contributed by atoms with van der Waals surface area (Å²) in [5.74, 6) is -0.509. The summed E-state index contributed by atoms with van der Waals surface area (Å²) in [5, 5.41) is 11.4. The van der Waals surface area contributed by atoms with Gasteiger partial charge in [-0.1, -0.05) is 11.6 Å². The summed E-state index contributed by atoms with van der Waals surface area (Å²) in [6.45, 7) is 3.23. The number of halogens is 1. The second kappa shape index (κ2) is 9.28. The second-order valence-electron chi connectivity index (χ2n) is 7.61. The molecule has 172 valence electrons. The first-order valence-electron chi connectivity index (χ1n) is 10.0. The Kier molecular flexibility index (Phi) is 6.41. The first-order chi connectivity index (χ1) is 16.1. The van der Waals surface area contributed by atoms with Crippen LogP contribution >= 0.6 is 23.4 Å². The maximum absolute atomic E-state index is 12.8. The van der Waals surface area contributed by atoms with Crippen molar-refractivity contribution in [1.29, 1.82) is 0 Å². The van der Waals surface area contributed by atoms with Gasteiger partial charge in [-0.2, -0.15) is 0 Å². The summed E-state index contributed by atoms with van der Waals surface area (Å²) >= 11 is 6.52. The number of benzene rings is 2. The molecule has 2 aromatic carbocycles. The number of furan rings is 1. The molecule has 1 aromatic heterocycles. The summed E-state index contributed by atoms with van der Waals surface area (Å²) in [4.78, 5) is 49.6. The van der Waals surface area contributed by atoms with Gasteiger partial charge in [0.25, 0.3) is 16.8 Å². The van der Waals surface area contributed by atoms with Crippen LogP contribution in [0.25, 0.3) is 17.4 Å². The van der Waals surface area contributed by atoms with Gasteiger partial charge in [-0.15, -0.1) is 0 Å². The number of hydrogen-bond acceptors (Lipinski definition) is 7. The number of imide groups is 1. The van der Waals surface area contributed by atoms with Crippen molar-refractivity contribution >= 4 is 52.1 Å². The number of hydrogen-bond donors (Lipinski definition) is 0. The normalized spacial score (nSPS) is 14.8. The molecule has 0 saturated carbocycles. The van der Waals surface area contributed by atoms with E-state index in [4.69, 9.17) is 16.0 Å². The molecule has 0 atom stereocenters. The summed E-state index contributed by atoms with van der Waals surface area (Å²) in [5.41, 5.74) is 2.20. The first kappa shape index (κ1) is 23.5. The Morgan fingerprint density at radius 2 is 1.79 bits per heavy atom. The van der Waals surface area contributed by atoms with Crippen molar-refractivity contribution < 1.29 is 23.7 Å². The van der Waals surface area contributed by atoms with Crippen LogP contribution < -0.4 is 0 Å². The van der Waals surface area contributed by atoms with Crippen molar-refractivity contribution in [1.82, 2.24) is 4.90 Å². The van der Waals surface area contributed by atoms with Crippen LogP contribution in [0.5, 0.6) is 0 Å². The largest absolute Gasteiger partial charge is 0.456 e. The van der Waals surface area contributed by atoms with E-state index in [9.17, 15) is 24.5 Å². The minimum atomic E-state index is -0.618. The van der Waals surface area contributed by atoms with Gasteiger partial charge >= 0.3 is 0 Å². The van der Waals surface area contributed by atoms with E-state index in [1.165, 1.54) is 24.3 Å². The Balaban J connectivity index is 1.56. The molecule has 4 rings (SSSR count). The lowest BCUT2D eigenvalue weighted by Crippen LogP contribution is -2.33. The number of thioether (sulfide) groups is 1. The van der Waals surface area contributed by atoms with E-state index in [2.05, 4.69) is 0 Å². The van der Waals surface area contributed by atoms with Crippen molar-refractivity contribution in [3.8, 4) is 11.3 Å². The fourth-order valence-corrected chi connectivity index (χ4v) is 4.31. The van der Waals surface area contributed by atoms with Crippen LogP contribution in [0.15, 0.2) is 57.9 Å². The average Bonchev–Trinajstić information content (AvgIpc) is 3.36. The summed E-state index contributed by atoms with van der Waals surface area (Å²) in [6, 6.07) is 12.4. The van der Waals surface area contributed by atoms with E-state index in [0.717, 1.165) is 16.0 Å². The zero-order valence-electron chi connectivity index (χ0n) is 18.0. The molecule has 3 aromatic rings. The Morgan fingerprint density at radius 1 is 1.12 bits per heavy atom. The van der Waals surface area contributed by atoms with Crippen molar-refractivity contribution in [3.63, 3.8) is 0 Å². The number of Topliss-reactive ketones (excluding diaryl/α,β-unsaturated/α-hetero) is 1. The number of rotatable bonds is 6. The molecule has 1 aliphatic heterocycles. The maximum atomic E-state index is 12.8. The van der Waals surface area contributed by atoms with Gasteiger partial charge < -0.3 is 4.42 Å². The third-order valence-corrected chi connectivity index (χ3v) is 6.48. The molecule has 1 aliphatic rings. The van der Waals surface area contributed by atoms with E-state index < -0.39 is 28.4 Å². The van der Waals surface area contributed by atoms with E-state index in [0.29, 0.717) is 27.9 Å². The molecule has 2 heterocycles. The minimum absolute atomic E-state index is 0.0874. The highest BCUT2D eigenvalue weighted by molar-refractivity contribution is 8.18. The summed E-state index contributed by atoms with van der Waals surface area (Å²) < 4.78 is 5.74. The number of nitro groups is 1. The van der Waals surface area contributed by atoms with Gasteiger partial charge in [-0.05, 0) is 79.2 Å². The van der Waals surface area contributed by atoms with Crippen molar-refractivity contribution in [2.75, 3.05) is 6.54 Å². The van der Waals surface area contributed by atoms with Crippen LogP contribution in [0.4, 0.5) is 10.5 Å². The molecule has 10 heteroatoms. The Labute approximate surface area is 203 Å². The predicted molar refractivity (Wildman–Crippen MR) is 129 cm³/mol. The molecule has 0 unspecified atom stereocenters.